The summed E-state index contributed by atoms with van der Waals surface area (Å²) < 4.78 is 1.21. The first-order valence-corrected chi connectivity index (χ1v) is 7.11. The Morgan fingerprint density at radius 1 is 1.41 bits per heavy atom. The number of rotatable bonds is 2. The molecule has 0 saturated carbocycles. The molecule has 1 aliphatic rings. The van der Waals surface area contributed by atoms with E-state index in [4.69, 9.17) is 0 Å². The second-order valence-electron chi connectivity index (χ2n) is 5.01. The van der Waals surface area contributed by atoms with Gasteiger partial charge in [0.05, 0.1) is 5.69 Å². The first kappa shape index (κ1) is 12.9. The van der Waals surface area contributed by atoms with Crippen LogP contribution in [0.25, 0.3) is 0 Å². The first-order valence-electron chi connectivity index (χ1n) is 6.32. The lowest BCUT2D eigenvalue weighted by atomic mass is 9.97. The Kier molecular flexibility index (Phi) is 4.10. The quantitative estimate of drug-likeness (QED) is 0.900. The Balaban J connectivity index is 2.20. The fourth-order valence-electron chi connectivity index (χ4n) is 2.64. The third-order valence-electron chi connectivity index (χ3n) is 3.70. The summed E-state index contributed by atoms with van der Waals surface area (Å²) in [6, 6.07) is 7.85. The fourth-order valence-corrected chi connectivity index (χ4v) is 3.11. The van der Waals surface area contributed by atoms with Crippen LogP contribution < -0.4 is 10.2 Å². The van der Waals surface area contributed by atoms with Crippen molar-refractivity contribution in [2.24, 2.45) is 0 Å². The summed E-state index contributed by atoms with van der Waals surface area (Å²) in [6.07, 6.45) is 2.44. The highest BCUT2D eigenvalue weighted by Gasteiger charge is 2.25. The zero-order valence-electron chi connectivity index (χ0n) is 10.8. The van der Waals surface area contributed by atoms with Crippen LogP contribution in [0.15, 0.2) is 22.7 Å². The number of hydrogen-bond acceptors (Lipinski definition) is 2. The highest BCUT2D eigenvalue weighted by molar-refractivity contribution is 9.10. The van der Waals surface area contributed by atoms with Crippen molar-refractivity contribution >= 4 is 21.6 Å². The molecule has 2 nitrogen and oxygen atoms in total. The van der Waals surface area contributed by atoms with Gasteiger partial charge in [-0.3, -0.25) is 0 Å². The molecule has 1 fully saturated rings. The standard InChI is InChI=1S/C14H21BrN2/c1-10-4-5-13(15)14(8-10)17-7-6-12(16-3)9-11(17)2/h4-5,8,11-12,16H,6-7,9H2,1-3H3. The lowest BCUT2D eigenvalue weighted by Crippen LogP contribution is -2.46. The molecule has 1 aliphatic heterocycles. The van der Waals surface area contributed by atoms with Crippen LogP contribution in [0, 0.1) is 6.92 Å². The molecule has 17 heavy (non-hydrogen) atoms. The van der Waals surface area contributed by atoms with Gasteiger partial charge < -0.3 is 10.2 Å². The molecule has 1 aromatic carbocycles. The zero-order valence-corrected chi connectivity index (χ0v) is 12.4. The molecule has 94 valence electrons. The lowest BCUT2D eigenvalue weighted by molar-refractivity contribution is 0.387. The van der Waals surface area contributed by atoms with Crippen LogP contribution in [-0.4, -0.2) is 25.7 Å². The molecule has 2 atom stereocenters. The summed E-state index contributed by atoms with van der Waals surface area (Å²) in [5, 5.41) is 3.39. The Hall–Kier alpha value is -0.540. The Morgan fingerprint density at radius 2 is 2.18 bits per heavy atom. The van der Waals surface area contributed by atoms with E-state index >= 15 is 0 Å². The molecule has 0 amide bonds. The number of aryl methyl sites for hydroxylation is 1. The molecule has 0 spiro atoms. The van der Waals surface area contributed by atoms with E-state index in [-0.39, 0.29) is 0 Å². The smallest absolute Gasteiger partial charge is 0.0515 e. The molecule has 1 heterocycles. The maximum atomic E-state index is 3.67. The van der Waals surface area contributed by atoms with E-state index < -0.39 is 0 Å². The van der Waals surface area contributed by atoms with Gasteiger partial charge in [0, 0.05) is 23.1 Å². The van der Waals surface area contributed by atoms with Gasteiger partial charge in [0.25, 0.3) is 0 Å². The minimum absolute atomic E-state index is 0.597. The monoisotopic (exact) mass is 296 g/mol. The fraction of sp³-hybridized carbons (Fsp3) is 0.571. The van der Waals surface area contributed by atoms with Crippen LogP contribution >= 0.6 is 15.9 Å². The molecule has 1 N–H and O–H groups in total. The van der Waals surface area contributed by atoms with Crippen molar-refractivity contribution in [2.45, 2.75) is 38.8 Å². The average molecular weight is 297 g/mol. The van der Waals surface area contributed by atoms with Crippen molar-refractivity contribution < 1.29 is 0 Å². The molecule has 3 heteroatoms. The van der Waals surface area contributed by atoms with Gasteiger partial charge in [0.15, 0.2) is 0 Å². The van der Waals surface area contributed by atoms with Crippen LogP contribution in [0.2, 0.25) is 0 Å². The molecule has 1 aromatic rings. The summed E-state index contributed by atoms with van der Waals surface area (Å²) in [4.78, 5) is 2.52. The molecule has 2 unspecified atom stereocenters. The van der Waals surface area contributed by atoms with Gasteiger partial charge in [0.2, 0.25) is 0 Å². The van der Waals surface area contributed by atoms with E-state index in [0.29, 0.717) is 12.1 Å². The third kappa shape index (κ3) is 2.83. The topological polar surface area (TPSA) is 15.3 Å². The van der Waals surface area contributed by atoms with E-state index in [9.17, 15) is 0 Å². The Morgan fingerprint density at radius 3 is 2.82 bits per heavy atom. The van der Waals surface area contributed by atoms with Crippen LogP contribution in [0.4, 0.5) is 5.69 Å². The summed E-state index contributed by atoms with van der Waals surface area (Å²) in [5.41, 5.74) is 2.66. The van der Waals surface area contributed by atoms with Crippen LogP contribution in [0.5, 0.6) is 0 Å². The van der Waals surface area contributed by atoms with Crippen molar-refractivity contribution in [1.82, 2.24) is 5.32 Å². The van der Waals surface area contributed by atoms with Gasteiger partial charge in [-0.25, -0.2) is 0 Å². The van der Waals surface area contributed by atoms with Gasteiger partial charge in [0.1, 0.15) is 0 Å². The third-order valence-corrected chi connectivity index (χ3v) is 4.37. The zero-order chi connectivity index (χ0) is 12.4. The Labute approximate surface area is 113 Å². The largest absolute Gasteiger partial charge is 0.368 e. The van der Waals surface area contributed by atoms with Gasteiger partial charge in [-0.2, -0.15) is 0 Å². The molecule has 0 aliphatic carbocycles. The van der Waals surface area contributed by atoms with Gasteiger partial charge in [-0.1, -0.05) is 6.07 Å². The van der Waals surface area contributed by atoms with E-state index in [1.807, 2.05) is 0 Å². The van der Waals surface area contributed by atoms with Gasteiger partial charge >= 0.3 is 0 Å². The molecular weight excluding hydrogens is 276 g/mol. The van der Waals surface area contributed by atoms with E-state index in [0.717, 1.165) is 6.54 Å². The van der Waals surface area contributed by atoms with Crippen molar-refractivity contribution in [3.05, 3.63) is 28.2 Å². The number of hydrogen-bond donors (Lipinski definition) is 1. The normalized spacial score (nSPS) is 25.1. The van der Waals surface area contributed by atoms with Crippen molar-refractivity contribution in [1.29, 1.82) is 0 Å². The van der Waals surface area contributed by atoms with Crippen molar-refractivity contribution in [2.75, 3.05) is 18.5 Å². The van der Waals surface area contributed by atoms with Gasteiger partial charge in [-0.05, 0) is 67.4 Å². The highest BCUT2D eigenvalue weighted by Crippen LogP contribution is 2.32. The maximum absolute atomic E-state index is 3.67. The summed E-state index contributed by atoms with van der Waals surface area (Å²) in [7, 11) is 2.07. The second kappa shape index (κ2) is 5.40. The Bertz CT molecular complexity index is 392. The maximum Gasteiger partial charge on any atom is 0.0515 e. The number of piperidine rings is 1. The SMILES string of the molecule is CNC1CCN(c2cc(C)ccc2Br)C(C)C1. The number of nitrogens with one attached hydrogen (secondary N) is 1. The summed E-state index contributed by atoms with van der Waals surface area (Å²) in [5.74, 6) is 0. The van der Waals surface area contributed by atoms with Crippen molar-refractivity contribution in [3.8, 4) is 0 Å². The van der Waals surface area contributed by atoms with E-state index in [1.54, 1.807) is 0 Å². The van der Waals surface area contributed by atoms with E-state index in [1.165, 1.54) is 28.6 Å². The average Bonchev–Trinajstić information content (AvgIpc) is 2.32. The van der Waals surface area contributed by atoms with Crippen LogP contribution in [0.3, 0.4) is 0 Å². The predicted octanol–water partition coefficient (Wildman–Crippen LogP) is 3.33. The predicted molar refractivity (Wildman–Crippen MR) is 77.8 cm³/mol. The highest BCUT2D eigenvalue weighted by atomic mass is 79.9. The molecular formula is C14H21BrN2. The van der Waals surface area contributed by atoms with Crippen LogP contribution in [-0.2, 0) is 0 Å². The number of halogens is 1. The van der Waals surface area contributed by atoms with Crippen LogP contribution in [0.1, 0.15) is 25.3 Å². The molecule has 0 radical (unpaired) electrons. The van der Waals surface area contributed by atoms with Gasteiger partial charge in [-0.15, -0.1) is 0 Å². The summed E-state index contributed by atoms with van der Waals surface area (Å²) >= 11 is 3.67. The molecule has 2 rings (SSSR count). The van der Waals surface area contributed by atoms with Crippen molar-refractivity contribution in [3.63, 3.8) is 0 Å². The molecule has 1 saturated heterocycles. The minimum atomic E-state index is 0.597. The second-order valence-corrected chi connectivity index (χ2v) is 5.86. The number of nitrogens with zero attached hydrogens (tertiary/aromatic N) is 1. The van der Waals surface area contributed by atoms with E-state index in [2.05, 4.69) is 65.2 Å². The number of benzene rings is 1. The minimum Gasteiger partial charge on any atom is -0.368 e. The molecule has 0 aromatic heterocycles. The summed E-state index contributed by atoms with van der Waals surface area (Å²) in [6.45, 7) is 5.61. The molecule has 0 bridgehead atoms. The number of anilines is 1. The lowest BCUT2D eigenvalue weighted by Gasteiger charge is -2.39. The first-order chi connectivity index (χ1) is 8.11.